The fourth-order valence-electron chi connectivity index (χ4n) is 3.58. The molecule has 0 atom stereocenters. The van der Waals surface area contributed by atoms with Gasteiger partial charge in [0.15, 0.2) is 5.78 Å². The lowest BCUT2D eigenvalue weighted by atomic mass is 9.89. The summed E-state index contributed by atoms with van der Waals surface area (Å²) in [7, 11) is -3.31. The maximum absolute atomic E-state index is 12.8. The summed E-state index contributed by atoms with van der Waals surface area (Å²) in [6.45, 7) is 4.79. The van der Waals surface area contributed by atoms with Gasteiger partial charge in [-0.2, -0.15) is 0 Å². The summed E-state index contributed by atoms with van der Waals surface area (Å²) >= 11 is 0. The van der Waals surface area contributed by atoms with Crippen LogP contribution in [-0.4, -0.2) is 50.0 Å². The van der Waals surface area contributed by atoms with E-state index >= 15 is 0 Å². The number of aromatic nitrogens is 1. The van der Waals surface area contributed by atoms with Crippen molar-refractivity contribution >= 4 is 21.5 Å². The molecule has 8 heteroatoms. The van der Waals surface area contributed by atoms with Crippen LogP contribution in [0.3, 0.4) is 0 Å². The number of halogens is 1. The van der Waals surface area contributed by atoms with E-state index in [1.807, 2.05) is 19.1 Å². The van der Waals surface area contributed by atoms with Crippen LogP contribution < -0.4 is 17.1 Å². The Hall–Kier alpha value is -1.96. The van der Waals surface area contributed by atoms with E-state index in [9.17, 15) is 13.2 Å². The van der Waals surface area contributed by atoms with E-state index in [0.717, 1.165) is 56.5 Å². The van der Waals surface area contributed by atoms with Gasteiger partial charge in [0.05, 0.1) is 6.26 Å². The molecule has 0 saturated carbocycles. The first kappa shape index (κ1) is 23.3. The van der Waals surface area contributed by atoms with Crippen molar-refractivity contribution < 1.29 is 25.6 Å². The van der Waals surface area contributed by atoms with E-state index in [2.05, 4.69) is 20.7 Å². The van der Waals surface area contributed by atoms with Gasteiger partial charge in [0.1, 0.15) is 0 Å². The maximum atomic E-state index is 12.8. The molecular weight excluding hydrogens is 410 g/mol. The van der Waals surface area contributed by atoms with E-state index in [-0.39, 0.29) is 24.1 Å². The maximum Gasteiger partial charge on any atom is 0.229 e. The zero-order valence-corrected chi connectivity index (χ0v) is 18.3. The zero-order chi connectivity index (χ0) is 20.1. The molecule has 0 bridgehead atoms. The Bertz CT molecular complexity index is 924. The van der Waals surface area contributed by atoms with E-state index < -0.39 is 10.0 Å². The number of carbonyl (C=O) groups excluding carboxylic acids is 1. The number of benzene rings is 1. The van der Waals surface area contributed by atoms with Crippen molar-refractivity contribution in [2.24, 2.45) is 5.92 Å². The van der Waals surface area contributed by atoms with Crippen LogP contribution in [0.5, 0.6) is 0 Å². The number of ketones is 1. The third kappa shape index (κ3) is 7.10. The molecule has 0 aliphatic carbocycles. The Morgan fingerprint density at radius 2 is 1.79 bits per heavy atom. The van der Waals surface area contributed by atoms with Crippen LogP contribution in [0, 0.1) is 12.8 Å². The number of anilines is 1. The highest BCUT2D eigenvalue weighted by molar-refractivity contribution is 7.92. The highest BCUT2D eigenvalue weighted by Gasteiger charge is 2.25. The number of Topliss-reactive ketones (excluding diaryl/α,β-unsaturated/α-hetero) is 1. The number of sulfonamides is 1. The first-order valence-electron chi connectivity index (χ1n) is 9.57. The standard InChI is InChI=1S/C21H27N3O3S.ClH/c1-16-4-3-5-19(22-16)12-15-24-13-10-18(11-14-24)21(25)17-6-8-20(9-7-17)23-28(2,26)27;/h3-9,18,23H,10-15H2,1-2H3;1H/p-1. The molecule has 0 unspecified atom stereocenters. The van der Waals surface area contributed by atoms with Crippen LogP contribution in [0.25, 0.3) is 0 Å². The monoisotopic (exact) mass is 436 g/mol. The van der Waals surface area contributed by atoms with Crippen LogP contribution in [0.2, 0.25) is 0 Å². The minimum absolute atomic E-state index is 0. The first-order chi connectivity index (χ1) is 13.3. The van der Waals surface area contributed by atoms with Crippen molar-refractivity contribution in [3.05, 3.63) is 59.4 Å². The predicted octanol–water partition coefficient (Wildman–Crippen LogP) is -0.0971. The molecule has 1 aliphatic heterocycles. The van der Waals surface area contributed by atoms with Gasteiger partial charge < -0.3 is 17.3 Å². The lowest BCUT2D eigenvalue weighted by Gasteiger charge is -2.31. The lowest BCUT2D eigenvalue weighted by molar-refractivity contribution is -0.0000165. The third-order valence-electron chi connectivity index (χ3n) is 5.06. The summed E-state index contributed by atoms with van der Waals surface area (Å²) < 4.78 is 25.0. The third-order valence-corrected chi connectivity index (χ3v) is 5.67. The summed E-state index contributed by atoms with van der Waals surface area (Å²) in [6, 6.07) is 12.8. The van der Waals surface area contributed by atoms with Crippen LogP contribution in [0.4, 0.5) is 5.69 Å². The number of piperidine rings is 1. The van der Waals surface area contributed by atoms with Gasteiger partial charge in [-0.3, -0.25) is 14.5 Å². The second-order valence-electron chi connectivity index (χ2n) is 7.45. The Kier molecular flexibility index (Phi) is 8.19. The smallest absolute Gasteiger partial charge is 0.229 e. The molecule has 1 N–H and O–H groups in total. The summed E-state index contributed by atoms with van der Waals surface area (Å²) in [4.78, 5) is 19.7. The van der Waals surface area contributed by atoms with Gasteiger partial charge in [0.25, 0.3) is 0 Å². The average Bonchev–Trinajstić information content (AvgIpc) is 2.66. The molecule has 2 heterocycles. The molecule has 6 nitrogen and oxygen atoms in total. The Balaban J connectivity index is 0.00000300. The van der Waals surface area contributed by atoms with Gasteiger partial charge in [0.2, 0.25) is 10.0 Å². The molecule has 0 amide bonds. The fraction of sp³-hybridized carbons (Fsp3) is 0.429. The molecular formula is C21H27ClN3O3S-. The molecule has 0 radical (unpaired) electrons. The molecule has 158 valence electrons. The van der Waals surface area contributed by atoms with Gasteiger partial charge in [-0.15, -0.1) is 0 Å². The lowest BCUT2D eigenvalue weighted by Crippen LogP contribution is -3.00. The van der Waals surface area contributed by atoms with Gasteiger partial charge in [-0.1, -0.05) is 6.07 Å². The first-order valence-corrected chi connectivity index (χ1v) is 11.5. The summed E-state index contributed by atoms with van der Waals surface area (Å²) in [5.74, 6) is 0.174. The van der Waals surface area contributed by atoms with E-state index in [1.54, 1.807) is 24.3 Å². The van der Waals surface area contributed by atoms with Crippen LogP contribution >= 0.6 is 0 Å². The number of pyridine rings is 1. The second-order valence-corrected chi connectivity index (χ2v) is 9.20. The molecule has 3 rings (SSSR count). The van der Waals surface area contributed by atoms with Gasteiger partial charge in [0, 0.05) is 41.5 Å². The normalized spacial score (nSPS) is 15.5. The molecule has 2 aromatic rings. The predicted molar refractivity (Wildman–Crippen MR) is 111 cm³/mol. The van der Waals surface area contributed by atoms with Gasteiger partial charge in [-0.25, -0.2) is 8.42 Å². The molecule has 1 saturated heterocycles. The van der Waals surface area contributed by atoms with Crippen molar-refractivity contribution in [1.82, 2.24) is 9.88 Å². The molecule has 1 aromatic heterocycles. The Morgan fingerprint density at radius 1 is 1.14 bits per heavy atom. The van der Waals surface area contributed by atoms with Crippen molar-refractivity contribution in [3.63, 3.8) is 0 Å². The minimum Gasteiger partial charge on any atom is -1.00 e. The average molecular weight is 437 g/mol. The van der Waals surface area contributed by atoms with Gasteiger partial charge in [-0.05, 0) is 69.3 Å². The largest absolute Gasteiger partial charge is 1.00 e. The zero-order valence-electron chi connectivity index (χ0n) is 16.8. The van der Waals surface area contributed by atoms with E-state index in [0.29, 0.717) is 11.3 Å². The molecule has 29 heavy (non-hydrogen) atoms. The number of carbonyl (C=O) groups is 1. The van der Waals surface area contributed by atoms with Crippen LogP contribution in [0.15, 0.2) is 42.5 Å². The van der Waals surface area contributed by atoms with Gasteiger partial charge >= 0.3 is 0 Å². The number of nitrogens with one attached hydrogen (secondary N) is 1. The SMILES string of the molecule is Cc1cccc(CCN2CCC(C(=O)c3ccc(NS(C)(=O)=O)cc3)CC2)n1.[Cl-]. The summed E-state index contributed by atoms with van der Waals surface area (Å²) in [6.07, 6.45) is 3.73. The van der Waals surface area contributed by atoms with Crippen molar-refractivity contribution in [2.75, 3.05) is 30.6 Å². The van der Waals surface area contributed by atoms with Crippen molar-refractivity contribution in [1.29, 1.82) is 0 Å². The number of likely N-dealkylation sites (tertiary alicyclic amines) is 1. The van der Waals surface area contributed by atoms with Crippen LogP contribution in [0.1, 0.15) is 34.6 Å². The van der Waals surface area contributed by atoms with Crippen LogP contribution in [-0.2, 0) is 16.4 Å². The highest BCUT2D eigenvalue weighted by atomic mass is 35.5. The number of rotatable bonds is 7. The molecule has 0 spiro atoms. The summed E-state index contributed by atoms with van der Waals surface area (Å²) in [5, 5.41) is 0. The number of nitrogens with zero attached hydrogens (tertiary/aromatic N) is 2. The van der Waals surface area contributed by atoms with Crippen molar-refractivity contribution in [3.8, 4) is 0 Å². The second kappa shape index (κ2) is 10.2. The Labute approximate surface area is 179 Å². The van der Waals surface area contributed by atoms with E-state index in [4.69, 9.17) is 0 Å². The number of hydrogen-bond donors (Lipinski definition) is 1. The Morgan fingerprint density at radius 3 is 2.38 bits per heavy atom. The highest BCUT2D eigenvalue weighted by Crippen LogP contribution is 2.23. The molecule has 1 fully saturated rings. The topological polar surface area (TPSA) is 79.4 Å². The summed E-state index contributed by atoms with van der Waals surface area (Å²) in [5.41, 5.74) is 3.26. The molecule has 1 aromatic carbocycles. The number of hydrogen-bond acceptors (Lipinski definition) is 5. The quantitative estimate of drug-likeness (QED) is 0.613. The fourth-order valence-corrected chi connectivity index (χ4v) is 4.15. The van der Waals surface area contributed by atoms with E-state index in [1.165, 1.54) is 0 Å². The van der Waals surface area contributed by atoms with Crippen molar-refractivity contribution in [2.45, 2.75) is 26.2 Å². The molecule has 1 aliphatic rings. The number of aryl methyl sites for hydroxylation is 1. The minimum atomic E-state index is -3.31.